The molecule has 0 aromatic heterocycles. The minimum atomic E-state index is -0.880. The number of amides is 2. The Bertz CT molecular complexity index is 531. The van der Waals surface area contributed by atoms with Crippen LogP contribution in [0.1, 0.15) is 22.3 Å². The number of nitrogens with one attached hydrogen (secondary N) is 1. The van der Waals surface area contributed by atoms with E-state index in [0.29, 0.717) is 17.5 Å². The molecule has 2 amide bonds. The first-order valence-electron chi connectivity index (χ1n) is 6.04. The van der Waals surface area contributed by atoms with Crippen molar-refractivity contribution in [2.75, 3.05) is 19.8 Å². The number of nitrogens with two attached hydrogens (primary N) is 1. The third kappa shape index (κ3) is 5.42. The highest BCUT2D eigenvalue weighted by Gasteiger charge is 2.08. The van der Waals surface area contributed by atoms with Crippen LogP contribution in [0.2, 0.25) is 0 Å². The zero-order valence-corrected chi connectivity index (χ0v) is 10.9. The number of aliphatic hydroxyl groups excluding tert-OH is 1. The van der Waals surface area contributed by atoms with Gasteiger partial charge in [0.2, 0.25) is 0 Å². The van der Waals surface area contributed by atoms with Crippen LogP contribution in [0, 0.1) is 11.8 Å². The second kappa shape index (κ2) is 8.56. The molecule has 1 aromatic carbocycles. The molecule has 1 rings (SSSR count). The Balaban J connectivity index is 2.64. The lowest BCUT2D eigenvalue weighted by Crippen LogP contribution is -2.29. The SMILES string of the molecule is NC(=O)OCCNC(=O)c1ccccc1C#CCCO. The van der Waals surface area contributed by atoms with E-state index in [-0.39, 0.29) is 25.7 Å². The fourth-order valence-corrected chi connectivity index (χ4v) is 1.42. The van der Waals surface area contributed by atoms with Crippen LogP contribution in [-0.4, -0.2) is 36.9 Å². The summed E-state index contributed by atoms with van der Waals surface area (Å²) in [6, 6.07) is 6.87. The third-order valence-corrected chi connectivity index (χ3v) is 2.26. The fourth-order valence-electron chi connectivity index (χ4n) is 1.42. The van der Waals surface area contributed by atoms with Gasteiger partial charge in [-0.3, -0.25) is 4.79 Å². The van der Waals surface area contributed by atoms with Crippen LogP contribution in [-0.2, 0) is 4.74 Å². The number of benzene rings is 1. The summed E-state index contributed by atoms with van der Waals surface area (Å²) in [5.41, 5.74) is 5.81. The van der Waals surface area contributed by atoms with Gasteiger partial charge in [-0.15, -0.1) is 0 Å². The third-order valence-electron chi connectivity index (χ3n) is 2.26. The molecule has 0 saturated carbocycles. The molecule has 6 nitrogen and oxygen atoms in total. The van der Waals surface area contributed by atoms with Gasteiger partial charge in [0, 0.05) is 12.0 Å². The van der Waals surface area contributed by atoms with Crippen molar-refractivity contribution in [2.45, 2.75) is 6.42 Å². The fraction of sp³-hybridized carbons (Fsp3) is 0.286. The molecular weight excluding hydrogens is 260 g/mol. The molecule has 0 aliphatic heterocycles. The molecule has 106 valence electrons. The smallest absolute Gasteiger partial charge is 0.404 e. The van der Waals surface area contributed by atoms with Gasteiger partial charge in [0.25, 0.3) is 5.91 Å². The zero-order valence-electron chi connectivity index (χ0n) is 10.9. The molecule has 0 radical (unpaired) electrons. The van der Waals surface area contributed by atoms with E-state index in [1.807, 2.05) is 0 Å². The quantitative estimate of drug-likeness (QED) is 0.530. The second-order valence-corrected chi connectivity index (χ2v) is 3.74. The molecule has 0 heterocycles. The monoisotopic (exact) mass is 276 g/mol. The van der Waals surface area contributed by atoms with Gasteiger partial charge >= 0.3 is 6.09 Å². The van der Waals surface area contributed by atoms with Crippen LogP contribution in [0.3, 0.4) is 0 Å². The summed E-state index contributed by atoms with van der Waals surface area (Å²) in [6.45, 7) is 0.158. The van der Waals surface area contributed by atoms with Crippen molar-refractivity contribution in [3.63, 3.8) is 0 Å². The first kappa shape index (κ1) is 15.5. The Morgan fingerprint density at radius 2 is 2.10 bits per heavy atom. The number of aliphatic hydroxyl groups is 1. The predicted octanol–water partition coefficient (Wildman–Crippen LogP) is 0.246. The number of carbonyl (C=O) groups is 2. The highest BCUT2D eigenvalue weighted by Crippen LogP contribution is 2.07. The number of carbonyl (C=O) groups excluding carboxylic acids is 2. The summed E-state index contributed by atoms with van der Waals surface area (Å²) in [7, 11) is 0. The first-order chi connectivity index (χ1) is 9.65. The summed E-state index contributed by atoms with van der Waals surface area (Å²) in [5, 5.41) is 11.3. The number of ether oxygens (including phenoxy) is 1. The lowest BCUT2D eigenvalue weighted by molar-refractivity contribution is 0.0936. The normalized spacial score (nSPS) is 9.25. The van der Waals surface area contributed by atoms with Crippen LogP contribution in [0.15, 0.2) is 24.3 Å². The molecule has 0 aliphatic carbocycles. The van der Waals surface area contributed by atoms with E-state index in [2.05, 4.69) is 21.9 Å². The topological polar surface area (TPSA) is 102 Å². The van der Waals surface area contributed by atoms with Crippen molar-refractivity contribution >= 4 is 12.0 Å². The van der Waals surface area contributed by atoms with Crippen molar-refractivity contribution in [1.82, 2.24) is 5.32 Å². The van der Waals surface area contributed by atoms with Crippen molar-refractivity contribution in [3.05, 3.63) is 35.4 Å². The van der Waals surface area contributed by atoms with Crippen LogP contribution in [0.25, 0.3) is 0 Å². The van der Waals surface area contributed by atoms with E-state index < -0.39 is 6.09 Å². The average molecular weight is 276 g/mol. The summed E-state index contributed by atoms with van der Waals surface area (Å²) in [5.74, 6) is 5.28. The van der Waals surface area contributed by atoms with Crippen molar-refractivity contribution in [1.29, 1.82) is 0 Å². The summed E-state index contributed by atoms with van der Waals surface area (Å²) in [4.78, 5) is 22.3. The maximum atomic E-state index is 11.9. The predicted molar refractivity (Wildman–Crippen MR) is 72.9 cm³/mol. The molecule has 6 heteroatoms. The van der Waals surface area contributed by atoms with Gasteiger partial charge in [0.15, 0.2) is 0 Å². The molecule has 4 N–H and O–H groups in total. The highest BCUT2D eigenvalue weighted by atomic mass is 16.5. The van der Waals surface area contributed by atoms with Crippen molar-refractivity contribution < 1.29 is 19.4 Å². The molecule has 0 bridgehead atoms. The molecule has 1 aromatic rings. The van der Waals surface area contributed by atoms with Gasteiger partial charge in [-0.2, -0.15) is 0 Å². The molecule has 0 unspecified atom stereocenters. The summed E-state index contributed by atoms with van der Waals surface area (Å²) < 4.78 is 4.51. The van der Waals surface area contributed by atoms with Gasteiger partial charge in [0.1, 0.15) is 6.61 Å². The lowest BCUT2D eigenvalue weighted by Gasteiger charge is -2.06. The molecule has 0 saturated heterocycles. The number of hydrogen-bond acceptors (Lipinski definition) is 4. The minimum absolute atomic E-state index is 0.0133. The van der Waals surface area contributed by atoms with Crippen molar-refractivity contribution in [3.8, 4) is 11.8 Å². The van der Waals surface area contributed by atoms with Gasteiger partial charge in [-0.25, -0.2) is 4.79 Å². The van der Waals surface area contributed by atoms with Crippen LogP contribution >= 0.6 is 0 Å². The highest BCUT2D eigenvalue weighted by molar-refractivity contribution is 5.96. The maximum Gasteiger partial charge on any atom is 0.404 e. The molecule has 0 aliphatic rings. The van der Waals surface area contributed by atoms with E-state index in [1.165, 1.54) is 0 Å². The summed E-state index contributed by atoms with van der Waals surface area (Å²) in [6.07, 6.45) is -0.530. The largest absolute Gasteiger partial charge is 0.448 e. The Morgan fingerprint density at radius 1 is 1.35 bits per heavy atom. The number of hydrogen-bond donors (Lipinski definition) is 3. The average Bonchev–Trinajstić information content (AvgIpc) is 2.44. The van der Waals surface area contributed by atoms with Gasteiger partial charge in [-0.1, -0.05) is 24.0 Å². The van der Waals surface area contributed by atoms with Crippen LogP contribution in [0.4, 0.5) is 4.79 Å². The molecule has 0 atom stereocenters. The van der Waals surface area contributed by atoms with E-state index >= 15 is 0 Å². The molecular formula is C14H16N2O4. The van der Waals surface area contributed by atoms with Crippen LogP contribution < -0.4 is 11.1 Å². The standard InChI is InChI=1S/C14H16N2O4/c15-14(19)20-10-8-16-13(18)12-7-2-1-5-11(12)6-3-4-9-17/h1-2,5,7,17H,4,8-10H2,(H2,15,19)(H,16,18). The number of rotatable bonds is 5. The van der Waals surface area contributed by atoms with Crippen LogP contribution in [0.5, 0.6) is 0 Å². The lowest BCUT2D eigenvalue weighted by atomic mass is 10.1. The Kier molecular flexibility index (Phi) is 6.65. The Hall–Kier alpha value is -2.52. The van der Waals surface area contributed by atoms with E-state index in [4.69, 9.17) is 10.8 Å². The Labute approximate surface area is 116 Å². The maximum absolute atomic E-state index is 11.9. The molecule has 0 fully saturated rings. The first-order valence-corrected chi connectivity index (χ1v) is 6.04. The van der Waals surface area contributed by atoms with Gasteiger partial charge < -0.3 is 20.9 Å². The second-order valence-electron chi connectivity index (χ2n) is 3.74. The summed E-state index contributed by atoms with van der Waals surface area (Å²) >= 11 is 0. The Morgan fingerprint density at radius 3 is 2.80 bits per heavy atom. The van der Waals surface area contributed by atoms with Gasteiger partial charge in [-0.05, 0) is 12.1 Å². The molecule has 20 heavy (non-hydrogen) atoms. The number of primary amides is 1. The van der Waals surface area contributed by atoms with Crippen molar-refractivity contribution in [2.24, 2.45) is 5.73 Å². The van der Waals surface area contributed by atoms with E-state index in [1.54, 1.807) is 24.3 Å². The van der Waals surface area contributed by atoms with E-state index in [0.717, 1.165) is 0 Å². The molecule has 0 spiro atoms. The zero-order chi connectivity index (χ0) is 14.8. The van der Waals surface area contributed by atoms with Gasteiger partial charge in [0.05, 0.1) is 18.7 Å². The van der Waals surface area contributed by atoms with E-state index in [9.17, 15) is 9.59 Å². The minimum Gasteiger partial charge on any atom is -0.448 e.